The van der Waals surface area contributed by atoms with Gasteiger partial charge < -0.3 is 35.0 Å². The van der Waals surface area contributed by atoms with Gasteiger partial charge in [0.25, 0.3) is 0 Å². The SMILES string of the molecule is C=C(C)[C@@H]1CC[C@]2(CO)CC[C@]3(C)C(CCC4[C@@]5(C)CC[C@H](CCNC(=O)[C@H](C)[C@@H](OC)C6CCCN6C(=O)C[C@@H](OC)[C@H]([C@@H](C)CC)N(C)C(=O)[C@@H](NC(=O)C(C(C)C)N(C)C)C(C)C)C(C)(C)[C@]5(C)CC[C@]43C)[C@@H]12. The van der Waals surface area contributed by atoms with Crippen molar-refractivity contribution in [2.24, 2.45) is 85.8 Å². The summed E-state index contributed by atoms with van der Waals surface area (Å²) in [5.41, 5.74) is 2.34. The maximum absolute atomic E-state index is 14.6. The summed E-state index contributed by atoms with van der Waals surface area (Å²) in [5.74, 6) is 1.76. The van der Waals surface area contributed by atoms with E-state index in [1.54, 1.807) is 26.2 Å². The monoisotopic (exact) mass is 1060 g/mol. The molecule has 436 valence electrons. The first-order valence-corrected chi connectivity index (χ1v) is 30.6. The van der Waals surface area contributed by atoms with Crippen LogP contribution in [0.1, 0.15) is 193 Å². The van der Waals surface area contributed by atoms with E-state index in [2.05, 4.69) is 79.5 Å². The fourth-order valence-corrected chi connectivity index (χ4v) is 19.3. The highest BCUT2D eigenvalue weighted by atomic mass is 16.5. The number of likely N-dealkylation sites (N-methyl/N-ethyl adjacent to an activating group) is 2. The molecule has 6 fully saturated rings. The van der Waals surface area contributed by atoms with Crippen LogP contribution in [0.4, 0.5) is 0 Å². The Morgan fingerprint density at radius 2 is 1.45 bits per heavy atom. The van der Waals surface area contributed by atoms with Crippen LogP contribution < -0.4 is 10.6 Å². The van der Waals surface area contributed by atoms with Crippen molar-refractivity contribution in [2.45, 2.75) is 230 Å². The first kappa shape index (κ1) is 62.7. The summed E-state index contributed by atoms with van der Waals surface area (Å²) in [6.45, 7) is 38.1. The summed E-state index contributed by atoms with van der Waals surface area (Å²) in [4.78, 5) is 62.4. The van der Waals surface area contributed by atoms with Gasteiger partial charge in [-0.05, 0) is 184 Å². The fourth-order valence-electron chi connectivity index (χ4n) is 19.3. The van der Waals surface area contributed by atoms with E-state index < -0.39 is 30.2 Å². The first-order valence-electron chi connectivity index (χ1n) is 30.6. The number of likely N-dealkylation sites (tertiary alicyclic amines) is 1. The smallest absolute Gasteiger partial charge is 0.245 e. The Balaban J connectivity index is 1.09. The molecule has 18 atom stereocenters. The number of carbonyl (C=O) groups is 4. The van der Waals surface area contributed by atoms with Crippen molar-refractivity contribution in [1.82, 2.24) is 25.3 Å². The van der Waals surface area contributed by atoms with Crippen LogP contribution in [0.15, 0.2) is 12.2 Å². The molecule has 4 amide bonds. The zero-order chi connectivity index (χ0) is 56.8. The average molecular weight is 1060 g/mol. The number of nitrogens with one attached hydrogen (secondary N) is 2. The van der Waals surface area contributed by atoms with Crippen molar-refractivity contribution in [3.63, 3.8) is 0 Å². The van der Waals surface area contributed by atoms with Gasteiger partial charge in [0.05, 0.1) is 42.7 Å². The second-order valence-corrected chi connectivity index (χ2v) is 28.9. The number of nitrogens with zero attached hydrogens (tertiary/aromatic N) is 3. The molecule has 0 aromatic rings. The van der Waals surface area contributed by atoms with Crippen LogP contribution in [0.2, 0.25) is 0 Å². The molecule has 12 nitrogen and oxygen atoms in total. The predicted octanol–water partition coefficient (Wildman–Crippen LogP) is 10.8. The van der Waals surface area contributed by atoms with E-state index in [1.807, 2.05) is 58.5 Å². The minimum absolute atomic E-state index is 0.00248. The molecule has 5 aliphatic carbocycles. The molecule has 1 aliphatic heterocycles. The number of hydrogen-bond acceptors (Lipinski definition) is 8. The maximum atomic E-state index is 14.6. The molecular weight excluding hydrogens is 951 g/mol. The quantitative estimate of drug-likeness (QED) is 0.0911. The first-order chi connectivity index (χ1) is 35.4. The lowest BCUT2D eigenvalue weighted by atomic mass is 9.28. The van der Waals surface area contributed by atoms with E-state index in [1.165, 1.54) is 56.9 Å². The van der Waals surface area contributed by atoms with Crippen molar-refractivity contribution in [2.75, 3.05) is 55.1 Å². The number of aliphatic hydroxyl groups is 1. The molecule has 12 heteroatoms. The lowest BCUT2D eigenvalue weighted by molar-refractivity contribution is -0.275. The Morgan fingerprint density at radius 1 is 0.789 bits per heavy atom. The van der Waals surface area contributed by atoms with Gasteiger partial charge in [-0.3, -0.25) is 24.1 Å². The second-order valence-electron chi connectivity index (χ2n) is 28.9. The van der Waals surface area contributed by atoms with Crippen molar-refractivity contribution in [1.29, 1.82) is 0 Å². The van der Waals surface area contributed by atoms with Crippen molar-refractivity contribution in [3.8, 4) is 0 Å². The number of ether oxygens (including phenoxy) is 2. The minimum atomic E-state index is -0.748. The van der Waals surface area contributed by atoms with Crippen LogP contribution in [0, 0.1) is 85.8 Å². The van der Waals surface area contributed by atoms with Crippen LogP contribution in [0.5, 0.6) is 0 Å². The number of allylic oxidation sites excluding steroid dienone is 1. The molecule has 6 rings (SSSR count). The summed E-state index contributed by atoms with van der Waals surface area (Å²) < 4.78 is 12.3. The Hall–Kier alpha value is -2.54. The third-order valence-corrected chi connectivity index (χ3v) is 24.6. The van der Waals surface area contributed by atoms with E-state index in [0.29, 0.717) is 49.3 Å². The number of carbonyl (C=O) groups excluding carboxylic acids is 4. The van der Waals surface area contributed by atoms with Gasteiger partial charge in [0, 0.05) is 41.0 Å². The zero-order valence-electron chi connectivity index (χ0n) is 51.8. The van der Waals surface area contributed by atoms with Gasteiger partial charge in [0.2, 0.25) is 23.6 Å². The van der Waals surface area contributed by atoms with E-state index in [4.69, 9.17) is 9.47 Å². The topological polar surface area (TPSA) is 141 Å². The van der Waals surface area contributed by atoms with Gasteiger partial charge in [-0.15, -0.1) is 0 Å². The Bertz CT molecular complexity index is 2050. The third kappa shape index (κ3) is 10.7. The van der Waals surface area contributed by atoms with E-state index in [-0.39, 0.29) is 92.4 Å². The van der Waals surface area contributed by atoms with Gasteiger partial charge in [0.15, 0.2) is 0 Å². The molecule has 4 unspecified atom stereocenters. The number of methoxy groups -OCH3 is 2. The third-order valence-electron chi connectivity index (χ3n) is 24.6. The Kier molecular flexibility index (Phi) is 19.7. The molecular formula is C64H113N5O7. The largest absolute Gasteiger partial charge is 0.396 e. The van der Waals surface area contributed by atoms with Crippen molar-refractivity contribution < 1.29 is 33.8 Å². The molecule has 1 heterocycles. The number of fused-ring (bicyclic) bond motifs is 7. The molecule has 0 radical (unpaired) electrons. The maximum Gasteiger partial charge on any atom is 0.245 e. The van der Waals surface area contributed by atoms with Crippen LogP contribution >= 0.6 is 0 Å². The number of hydrogen-bond donors (Lipinski definition) is 3. The van der Waals surface area contributed by atoms with Crippen LogP contribution in [-0.4, -0.2) is 135 Å². The summed E-state index contributed by atoms with van der Waals surface area (Å²) >= 11 is 0. The van der Waals surface area contributed by atoms with E-state index in [0.717, 1.165) is 38.5 Å². The second kappa shape index (κ2) is 23.9. The zero-order valence-corrected chi connectivity index (χ0v) is 51.8. The summed E-state index contributed by atoms with van der Waals surface area (Å²) in [6.07, 6.45) is 14.4. The number of aliphatic hydroxyl groups excluding tert-OH is 1. The van der Waals surface area contributed by atoms with Crippen LogP contribution in [-0.2, 0) is 28.7 Å². The fraction of sp³-hybridized carbons (Fsp3) is 0.906. The van der Waals surface area contributed by atoms with Crippen molar-refractivity contribution in [3.05, 3.63) is 12.2 Å². The highest BCUT2D eigenvalue weighted by molar-refractivity contribution is 5.90. The predicted molar refractivity (Wildman–Crippen MR) is 307 cm³/mol. The molecule has 0 bridgehead atoms. The Morgan fingerprint density at radius 3 is 2.01 bits per heavy atom. The Labute approximate surface area is 463 Å². The molecule has 76 heavy (non-hydrogen) atoms. The molecule has 0 aromatic heterocycles. The van der Waals surface area contributed by atoms with Gasteiger partial charge in [-0.2, -0.15) is 0 Å². The van der Waals surface area contributed by atoms with E-state index in [9.17, 15) is 24.3 Å². The summed E-state index contributed by atoms with van der Waals surface area (Å²) in [7, 11) is 8.81. The number of rotatable bonds is 22. The molecule has 6 aliphatic rings. The molecule has 0 aromatic carbocycles. The highest BCUT2D eigenvalue weighted by Crippen LogP contribution is 2.80. The molecule has 3 N–H and O–H groups in total. The molecule has 5 saturated carbocycles. The molecule has 1 saturated heterocycles. The van der Waals surface area contributed by atoms with Gasteiger partial charge in [0.1, 0.15) is 6.04 Å². The summed E-state index contributed by atoms with van der Waals surface area (Å²) in [5, 5.41) is 17.5. The van der Waals surface area contributed by atoms with Gasteiger partial charge in [-0.1, -0.05) is 109 Å². The highest BCUT2D eigenvalue weighted by Gasteiger charge is 2.73. The van der Waals surface area contributed by atoms with Gasteiger partial charge in [-0.25, -0.2) is 0 Å². The lowest BCUT2D eigenvalue weighted by Gasteiger charge is -2.76. The summed E-state index contributed by atoms with van der Waals surface area (Å²) in [6, 6.07) is -1.84. The normalized spacial score (nSPS) is 36.7. The molecule has 0 spiro atoms. The van der Waals surface area contributed by atoms with E-state index >= 15 is 0 Å². The average Bonchev–Trinajstić information content (AvgIpc) is 4.01. The van der Waals surface area contributed by atoms with Gasteiger partial charge >= 0.3 is 0 Å². The number of amides is 4. The van der Waals surface area contributed by atoms with Crippen LogP contribution in [0.25, 0.3) is 0 Å². The minimum Gasteiger partial charge on any atom is -0.396 e. The standard InChI is InChI=1S/C64H113N5O7/c1-21-42(8)54(68(18)58(74)52(40(4)5)66-57(73)53(41(6)7)67(16)17)48(75-19)37-50(71)69-36-22-23-47(69)55(76-20)43(9)56(72)65-35-28-44-26-29-62(14)49-25-24-46-51-45(39(2)3)27-30-64(51,38-70)34-32-60(46,12)61(49,13)31-33-63(62,15)59(44,10)11/h40-49,51-55,70H,2,21-38H2,1,3-20H3,(H,65,72)(H,66,73)/t42-,43+,44+,45-,46?,47?,48+,49?,51+,52-,53?,54-,55+,60+,61+,62+,63-,64+/m0/s1. The lowest BCUT2D eigenvalue weighted by Crippen LogP contribution is -2.69. The van der Waals surface area contributed by atoms with Crippen molar-refractivity contribution >= 4 is 23.6 Å². The van der Waals surface area contributed by atoms with Crippen LogP contribution in [0.3, 0.4) is 0 Å².